The molecule has 1 nitrogen and oxygen atoms in total. The van der Waals surface area contributed by atoms with E-state index in [1.54, 1.807) is 0 Å². The van der Waals surface area contributed by atoms with Crippen LogP contribution < -0.4 is 4.90 Å². The van der Waals surface area contributed by atoms with E-state index in [1.165, 1.54) is 18.5 Å². The number of terminal acetylenes is 1. The zero-order valence-electron chi connectivity index (χ0n) is 8.96. The predicted octanol–water partition coefficient (Wildman–Crippen LogP) is 2.90. The summed E-state index contributed by atoms with van der Waals surface area (Å²) in [6.07, 6.45) is 7.75. The van der Waals surface area contributed by atoms with E-state index >= 15 is 0 Å². The van der Waals surface area contributed by atoms with E-state index < -0.39 is 0 Å². The lowest BCUT2D eigenvalue weighted by atomic mass is 10.2. The molecule has 0 amide bonds. The van der Waals surface area contributed by atoms with Crippen molar-refractivity contribution < 1.29 is 0 Å². The molecule has 0 radical (unpaired) electrons. The minimum Gasteiger partial charge on any atom is -0.375 e. The summed E-state index contributed by atoms with van der Waals surface area (Å²) in [6.45, 7) is 3.31. The lowest BCUT2D eigenvalue weighted by molar-refractivity contribution is 0.767. The molecule has 1 aromatic rings. The first-order valence-electron chi connectivity index (χ1n) is 5.05. The van der Waals surface area contributed by atoms with Gasteiger partial charge < -0.3 is 4.90 Å². The highest BCUT2D eigenvalue weighted by atomic mass is 15.1. The van der Waals surface area contributed by atoms with Gasteiger partial charge in [-0.15, -0.1) is 6.42 Å². The van der Waals surface area contributed by atoms with Crippen LogP contribution in [0.15, 0.2) is 24.3 Å². The van der Waals surface area contributed by atoms with Crippen molar-refractivity contribution in [2.24, 2.45) is 0 Å². The van der Waals surface area contributed by atoms with Gasteiger partial charge >= 0.3 is 0 Å². The standard InChI is InChI=1S/C13H17N/c1-4-6-11-14(3)13-9-7-12(5-2)8-10-13/h2,7-10H,4,6,11H2,1,3H3. The maximum Gasteiger partial charge on any atom is 0.0364 e. The van der Waals surface area contributed by atoms with Crippen LogP contribution in [-0.4, -0.2) is 13.6 Å². The summed E-state index contributed by atoms with van der Waals surface area (Å²) in [6, 6.07) is 8.12. The molecule has 0 aliphatic heterocycles. The SMILES string of the molecule is C#Cc1ccc(N(C)CCCC)cc1. The van der Waals surface area contributed by atoms with Crippen LogP contribution in [0.2, 0.25) is 0 Å². The molecule has 0 aromatic heterocycles. The molecule has 14 heavy (non-hydrogen) atoms. The summed E-state index contributed by atoms with van der Waals surface area (Å²) >= 11 is 0. The third kappa shape index (κ3) is 2.81. The average molecular weight is 187 g/mol. The first kappa shape index (κ1) is 10.7. The van der Waals surface area contributed by atoms with Gasteiger partial charge in [0.2, 0.25) is 0 Å². The van der Waals surface area contributed by atoms with E-state index in [9.17, 15) is 0 Å². The highest BCUT2D eigenvalue weighted by molar-refractivity contribution is 5.49. The number of anilines is 1. The van der Waals surface area contributed by atoms with Gasteiger partial charge in [0.25, 0.3) is 0 Å². The van der Waals surface area contributed by atoms with E-state index in [4.69, 9.17) is 6.42 Å². The Morgan fingerprint density at radius 2 is 1.93 bits per heavy atom. The maximum atomic E-state index is 5.29. The molecule has 0 atom stereocenters. The van der Waals surface area contributed by atoms with E-state index in [1.807, 2.05) is 12.1 Å². The van der Waals surface area contributed by atoms with Crippen LogP contribution in [0.3, 0.4) is 0 Å². The molecule has 0 aliphatic carbocycles. The number of unbranched alkanes of at least 4 members (excludes halogenated alkanes) is 1. The minimum absolute atomic E-state index is 0.942. The summed E-state index contributed by atoms with van der Waals surface area (Å²) in [7, 11) is 2.11. The second-order valence-electron chi connectivity index (χ2n) is 3.47. The first-order valence-corrected chi connectivity index (χ1v) is 5.05. The Labute approximate surface area is 86.7 Å². The largest absolute Gasteiger partial charge is 0.375 e. The minimum atomic E-state index is 0.942. The number of nitrogens with zero attached hydrogens (tertiary/aromatic N) is 1. The zero-order valence-corrected chi connectivity index (χ0v) is 8.96. The van der Waals surface area contributed by atoms with Crippen LogP contribution in [0.5, 0.6) is 0 Å². The molecule has 0 saturated carbocycles. The molecule has 0 saturated heterocycles. The fourth-order valence-corrected chi connectivity index (χ4v) is 1.34. The molecule has 0 N–H and O–H groups in total. The molecule has 0 bridgehead atoms. The lowest BCUT2D eigenvalue weighted by Gasteiger charge is -2.18. The zero-order chi connectivity index (χ0) is 10.4. The molecule has 1 aromatic carbocycles. The van der Waals surface area contributed by atoms with Crippen LogP contribution in [0.4, 0.5) is 5.69 Å². The number of hydrogen-bond donors (Lipinski definition) is 0. The van der Waals surface area contributed by atoms with Crippen molar-refractivity contribution in [3.63, 3.8) is 0 Å². The van der Waals surface area contributed by atoms with Crippen LogP contribution in [-0.2, 0) is 0 Å². The Kier molecular flexibility index (Phi) is 4.07. The fraction of sp³-hybridized carbons (Fsp3) is 0.385. The predicted molar refractivity (Wildman–Crippen MR) is 62.6 cm³/mol. The van der Waals surface area contributed by atoms with Crippen molar-refractivity contribution >= 4 is 5.69 Å². The molecule has 74 valence electrons. The van der Waals surface area contributed by atoms with Gasteiger partial charge in [0.1, 0.15) is 0 Å². The quantitative estimate of drug-likeness (QED) is 0.655. The van der Waals surface area contributed by atoms with Gasteiger partial charge in [0.05, 0.1) is 0 Å². The average Bonchev–Trinajstić information content (AvgIpc) is 2.26. The third-order valence-electron chi connectivity index (χ3n) is 2.32. The summed E-state index contributed by atoms with van der Waals surface area (Å²) in [5.74, 6) is 2.62. The smallest absolute Gasteiger partial charge is 0.0364 e. The molecule has 0 unspecified atom stereocenters. The van der Waals surface area contributed by atoms with Crippen LogP contribution in [0.25, 0.3) is 0 Å². The van der Waals surface area contributed by atoms with Gasteiger partial charge in [-0.05, 0) is 30.7 Å². The maximum absolute atomic E-state index is 5.29. The Morgan fingerprint density at radius 1 is 1.29 bits per heavy atom. The van der Waals surface area contributed by atoms with Crippen molar-refractivity contribution in [1.29, 1.82) is 0 Å². The van der Waals surface area contributed by atoms with Gasteiger partial charge in [0.15, 0.2) is 0 Å². The van der Waals surface area contributed by atoms with Gasteiger partial charge in [0, 0.05) is 24.8 Å². The third-order valence-corrected chi connectivity index (χ3v) is 2.32. The van der Waals surface area contributed by atoms with E-state index in [2.05, 4.69) is 36.9 Å². The summed E-state index contributed by atoms with van der Waals surface area (Å²) < 4.78 is 0. The Bertz CT molecular complexity index is 305. The van der Waals surface area contributed by atoms with Crippen LogP contribution in [0.1, 0.15) is 25.3 Å². The second-order valence-corrected chi connectivity index (χ2v) is 3.47. The van der Waals surface area contributed by atoms with Gasteiger partial charge in [-0.1, -0.05) is 19.3 Å². The molecule has 0 fully saturated rings. The molecule has 0 heterocycles. The van der Waals surface area contributed by atoms with Gasteiger partial charge in [-0.25, -0.2) is 0 Å². The Hall–Kier alpha value is -1.42. The van der Waals surface area contributed by atoms with E-state index in [0.29, 0.717) is 0 Å². The van der Waals surface area contributed by atoms with Crippen molar-refractivity contribution in [2.75, 3.05) is 18.5 Å². The first-order chi connectivity index (χ1) is 6.77. The lowest BCUT2D eigenvalue weighted by Crippen LogP contribution is -2.17. The van der Waals surface area contributed by atoms with Gasteiger partial charge in [-0.2, -0.15) is 0 Å². The second kappa shape index (κ2) is 5.34. The number of hydrogen-bond acceptors (Lipinski definition) is 1. The van der Waals surface area contributed by atoms with Gasteiger partial charge in [-0.3, -0.25) is 0 Å². The van der Waals surface area contributed by atoms with Crippen molar-refractivity contribution in [1.82, 2.24) is 0 Å². The fourth-order valence-electron chi connectivity index (χ4n) is 1.34. The molecular formula is C13H17N. The number of rotatable bonds is 4. The Morgan fingerprint density at radius 3 is 2.43 bits per heavy atom. The summed E-state index contributed by atoms with van der Waals surface area (Å²) in [5, 5.41) is 0. The molecule has 1 heteroatoms. The molecular weight excluding hydrogens is 170 g/mol. The van der Waals surface area contributed by atoms with Crippen molar-refractivity contribution in [2.45, 2.75) is 19.8 Å². The molecule has 0 spiro atoms. The highest BCUT2D eigenvalue weighted by Gasteiger charge is 1.98. The summed E-state index contributed by atoms with van der Waals surface area (Å²) in [5.41, 5.74) is 2.18. The molecule has 1 rings (SSSR count). The highest BCUT2D eigenvalue weighted by Crippen LogP contribution is 2.13. The van der Waals surface area contributed by atoms with Crippen molar-refractivity contribution in [3.8, 4) is 12.3 Å². The Balaban J connectivity index is 2.63. The van der Waals surface area contributed by atoms with Crippen LogP contribution in [0, 0.1) is 12.3 Å². The van der Waals surface area contributed by atoms with E-state index in [0.717, 1.165) is 12.1 Å². The normalized spacial score (nSPS) is 9.50. The van der Waals surface area contributed by atoms with Crippen molar-refractivity contribution in [3.05, 3.63) is 29.8 Å². The molecule has 0 aliphatic rings. The summed E-state index contributed by atoms with van der Waals surface area (Å²) in [4.78, 5) is 2.25. The monoisotopic (exact) mass is 187 g/mol. The topological polar surface area (TPSA) is 3.24 Å². The van der Waals surface area contributed by atoms with Crippen LogP contribution >= 0.6 is 0 Å². The van der Waals surface area contributed by atoms with E-state index in [-0.39, 0.29) is 0 Å². The number of benzene rings is 1.